The lowest BCUT2D eigenvalue weighted by atomic mass is 10.1. The molecular formula is C14H22N2O. The summed E-state index contributed by atoms with van der Waals surface area (Å²) in [6.45, 7) is 9.80. The van der Waals surface area contributed by atoms with Crippen molar-refractivity contribution >= 4 is 0 Å². The smallest absolute Gasteiger partial charge is 0.120 e. The fraction of sp³-hybridized carbons (Fsp3) is 0.571. The summed E-state index contributed by atoms with van der Waals surface area (Å²) in [4.78, 5) is 4.91. The van der Waals surface area contributed by atoms with Crippen molar-refractivity contribution in [3.8, 4) is 5.75 Å². The van der Waals surface area contributed by atoms with Crippen molar-refractivity contribution in [1.82, 2.24) is 9.80 Å². The Bertz CT molecular complexity index is 357. The van der Waals surface area contributed by atoms with Gasteiger partial charge in [-0.3, -0.25) is 9.80 Å². The van der Waals surface area contributed by atoms with Gasteiger partial charge in [0.15, 0.2) is 0 Å². The van der Waals surface area contributed by atoms with E-state index in [0.717, 1.165) is 38.3 Å². The predicted octanol–water partition coefficient (Wildman–Crippen LogP) is 1.92. The maximum atomic E-state index is 9.74. The third kappa shape index (κ3) is 3.20. The van der Waals surface area contributed by atoms with Crippen LogP contribution in [0, 0.1) is 0 Å². The molecule has 1 aromatic rings. The summed E-state index contributed by atoms with van der Waals surface area (Å²) in [5.41, 5.74) is 1.03. The topological polar surface area (TPSA) is 26.7 Å². The minimum atomic E-state index is 0.416. The average Bonchev–Trinajstić information content (AvgIpc) is 2.33. The highest BCUT2D eigenvalue weighted by molar-refractivity contribution is 5.31. The molecule has 0 amide bonds. The molecule has 0 atom stereocenters. The highest BCUT2D eigenvalue weighted by Crippen LogP contribution is 2.18. The van der Waals surface area contributed by atoms with Crippen LogP contribution < -0.4 is 0 Å². The standard InChI is InChI=1S/C14H22N2O/c1-12(2)16-9-7-15(8-10-16)11-13-5-3-4-6-14(13)17/h3-6,12,17H,7-11H2,1-2H3. The molecule has 1 aromatic carbocycles. The Morgan fingerprint density at radius 2 is 1.76 bits per heavy atom. The number of phenolic OH excluding ortho intramolecular Hbond substituents is 1. The van der Waals surface area contributed by atoms with Gasteiger partial charge in [0.2, 0.25) is 0 Å². The van der Waals surface area contributed by atoms with E-state index in [1.165, 1.54) is 0 Å². The number of hydrogen-bond acceptors (Lipinski definition) is 3. The molecule has 0 unspecified atom stereocenters. The number of aromatic hydroxyl groups is 1. The molecule has 0 bridgehead atoms. The second kappa shape index (κ2) is 5.52. The number of benzene rings is 1. The second-order valence-electron chi connectivity index (χ2n) is 5.03. The van der Waals surface area contributed by atoms with Crippen LogP contribution >= 0.6 is 0 Å². The highest BCUT2D eigenvalue weighted by atomic mass is 16.3. The van der Waals surface area contributed by atoms with Gasteiger partial charge in [0.1, 0.15) is 5.75 Å². The Hall–Kier alpha value is -1.06. The van der Waals surface area contributed by atoms with Crippen molar-refractivity contribution in [1.29, 1.82) is 0 Å². The minimum Gasteiger partial charge on any atom is -0.508 e. The molecule has 0 spiro atoms. The zero-order valence-electron chi connectivity index (χ0n) is 10.8. The zero-order chi connectivity index (χ0) is 12.3. The normalized spacial score (nSPS) is 18.8. The Morgan fingerprint density at radius 1 is 1.12 bits per heavy atom. The summed E-state index contributed by atoms with van der Waals surface area (Å²) < 4.78 is 0. The third-order valence-electron chi connectivity index (χ3n) is 3.52. The number of phenols is 1. The predicted molar refractivity (Wildman–Crippen MR) is 70.1 cm³/mol. The molecule has 17 heavy (non-hydrogen) atoms. The van der Waals surface area contributed by atoms with Gasteiger partial charge >= 0.3 is 0 Å². The van der Waals surface area contributed by atoms with Crippen LogP contribution in [0.15, 0.2) is 24.3 Å². The maximum absolute atomic E-state index is 9.74. The first-order valence-corrected chi connectivity index (χ1v) is 6.40. The largest absolute Gasteiger partial charge is 0.508 e. The van der Waals surface area contributed by atoms with Gasteiger partial charge in [-0.1, -0.05) is 18.2 Å². The van der Waals surface area contributed by atoms with E-state index in [1.54, 1.807) is 6.07 Å². The summed E-state index contributed by atoms with van der Waals surface area (Å²) in [5.74, 6) is 0.416. The van der Waals surface area contributed by atoms with Crippen LogP contribution in [0.1, 0.15) is 19.4 Å². The fourth-order valence-electron chi connectivity index (χ4n) is 2.32. The summed E-state index contributed by atoms with van der Waals surface area (Å²) in [5, 5.41) is 9.74. The number of hydrogen-bond donors (Lipinski definition) is 1. The molecule has 0 aliphatic carbocycles. The van der Waals surface area contributed by atoms with Gasteiger partial charge in [0.05, 0.1) is 0 Å². The van der Waals surface area contributed by atoms with Crippen molar-refractivity contribution in [3.63, 3.8) is 0 Å². The van der Waals surface area contributed by atoms with Crippen LogP contribution in [-0.2, 0) is 6.54 Å². The Morgan fingerprint density at radius 3 is 2.35 bits per heavy atom. The minimum absolute atomic E-state index is 0.416. The molecule has 0 aromatic heterocycles. The van der Waals surface area contributed by atoms with E-state index in [2.05, 4.69) is 23.6 Å². The molecule has 3 nitrogen and oxygen atoms in total. The monoisotopic (exact) mass is 234 g/mol. The Balaban J connectivity index is 1.88. The lowest BCUT2D eigenvalue weighted by Gasteiger charge is -2.37. The third-order valence-corrected chi connectivity index (χ3v) is 3.52. The molecule has 94 valence electrons. The van der Waals surface area contributed by atoms with Crippen molar-refractivity contribution in [2.45, 2.75) is 26.4 Å². The summed E-state index contributed by atoms with van der Waals surface area (Å²) >= 11 is 0. The lowest BCUT2D eigenvalue weighted by Crippen LogP contribution is -2.48. The van der Waals surface area contributed by atoms with Gasteiger partial charge in [-0.25, -0.2) is 0 Å². The van der Waals surface area contributed by atoms with Gasteiger partial charge in [-0.2, -0.15) is 0 Å². The van der Waals surface area contributed by atoms with Gasteiger partial charge in [0.25, 0.3) is 0 Å². The van der Waals surface area contributed by atoms with E-state index in [9.17, 15) is 5.11 Å². The van der Waals surface area contributed by atoms with Crippen LogP contribution in [-0.4, -0.2) is 47.1 Å². The summed E-state index contributed by atoms with van der Waals surface area (Å²) in [6.07, 6.45) is 0. The quantitative estimate of drug-likeness (QED) is 0.865. The van der Waals surface area contributed by atoms with E-state index in [0.29, 0.717) is 11.8 Å². The molecule has 1 N–H and O–H groups in total. The molecule has 1 aliphatic rings. The molecular weight excluding hydrogens is 212 g/mol. The molecule has 2 rings (SSSR count). The molecule has 3 heteroatoms. The first-order chi connectivity index (χ1) is 8.16. The van der Waals surface area contributed by atoms with Crippen molar-refractivity contribution in [2.75, 3.05) is 26.2 Å². The Labute approximate surface area is 104 Å². The van der Waals surface area contributed by atoms with E-state index in [1.807, 2.05) is 18.2 Å². The molecule has 1 aliphatic heterocycles. The van der Waals surface area contributed by atoms with Crippen LogP contribution in [0.25, 0.3) is 0 Å². The zero-order valence-corrected chi connectivity index (χ0v) is 10.8. The lowest BCUT2D eigenvalue weighted by molar-refractivity contribution is 0.103. The molecule has 1 heterocycles. The number of nitrogens with zero attached hydrogens (tertiary/aromatic N) is 2. The van der Waals surface area contributed by atoms with Gasteiger partial charge in [0, 0.05) is 44.3 Å². The fourth-order valence-corrected chi connectivity index (χ4v) is 2.32. The average molecular weight is 234 g/mol. The van der Waals surface area contributed by atoms with E-state index < -0.39 is 0 Å². The van der Waals surface area contributed by atoms with E-state index in [4.69, 9.17) is 0 Å². The molecule has 0 saturated carbocycles. The molecule has 1 fully saturated rings. The van der Waals surface area contributed by atoms with Crippen LogP contribution in [0.2, 0.25) is 0 Å². The van der Waals surface area contributed by atoms with Crippen molar-refractivity contribution in [3.05, 3.63) is 29.8 Å². The number of piperazine rings is 1. The van der Waals surface area contributed by atoms with E-state index in [-0.39, 0.29) is 0 Å². The highest BCUT2D eigenvalue weighted by Gasteiger charge is 2.19. The number of para-hydroxylation sites is 1. The maximum Gasteiger partial charge on any atom is 0.120 e. The van der Waals surface area contributed by atoms with Gasteiger partial charge in [-0.15, -0.1) is 0 Å². The van der Waals surface area contributed by atoms with Crippen LogP contribution in [0.4, 0.5) is 0 Å². The summed E-state index contributed by atoms with van der Waals surface area (Å²) in [7, 11) is 0. The van der Waals surface area contributed by atoms with Gasteiger partial charge in [-0.05, 0) is 19.9 Å². The molecule has 1 saturated heterocycles. The van der Waals surface area contributed by atoms with Crippen LogP contribution in [0.3, 0.4) is 0 Å². The van der Waals surface area contributed by atoms with Crippen molar-refractivity contribution < 1.29 is 5.11 Å². The number of rotatable bonds is 3. The second-order valence-corrected chi connectivity index (χ2v) is 5.03. The first-order valence-electron chi connectivity index (χ1n) is 6.40. The molecule has 0 radical (unpaired) electrons. The first kappa shape index (κ1) is 12.4. The van der Waals surface area contributed by atoms with Crippen molar-refractivity contribution in [2.24, 2.45) is 0 Å². The van der Waals surface area contributed by atoms with Gasteiger partial charge < -0.3 is 5.11 Å². The van der Waals surface area contributed by atoms with E-state index >= 15 is 0 Å². The summed E-state index contributed by atoms with van der Waals surface area (Å²) in [6, 6.07) is 8.26. The Kier molecular flexibility index (Phi) is 4.02. The SMILES string of the molecule is CC(C)N1CCN(Cc2ccccc2O)CC1. The van der Waals surface area contributed by atoms with Crippen LogP contribution in [0.5, 0.6) is 5.75 Å².